The largest absolute Gasteiger partial charge is 0.494 e. The number of hydrogen-bond donors (Lipinski definition) is 0. The summed E-state index contributed by atoms with van der Waals surface area (Å²) in [6.07, 6.45) is 0. The summed E-state index contributed by atoms with van der Waals surface area (Å²) < 4.78 is 11.1. The molecular formula is C21H18O3. The van der Waals surface area contributed by atoms with Gasteiger partial charge in [0.1, 0.15) is 17.2 Å². The van der Waals surface area contributed by atoms with Crippen molar-refractivity contribution < 1.29 is 14.3 Å². The standard InChI is InChI=1S/C21H18O3/c1-2-23-18-12-8-16(9-13-18)21(22)17-10-14-20(15-11-17)24-19-6-4-3-5-7-19/h3-15H,2H2,1H3. The summed E-state index contributed by atoms with van der Waals surface area (Å²) in [6.45, 7) is 2.54. The molecule has 3 aromatic carbocycles. The topological polar surface area (TPSA) is 35.5 Å². The van der Waals surface area contributed by atoms with Crippen molar-refractivity contribution in [1.29, 1.82) is 0 Å². The molecule has 0 saturated heterocycles. The normalized spacial score (nSPS) is 10.2. The van der Waals surface area contributed by atoms with Gasteiger partial charge in [0.2, 0.25) is 0 Å². The van der Waals surface area contributed by atoms with Crippen LogP contribution in [0.1, 0.15) is 22.8 Å². The van der Waals surface area contributed by atoms with E-state index < -0.39 is 0 Å². The highest BCUT2D eigenvalue weighted by molar-refractivity contribution is 6.09. The maximum absolute atomic E-state index is 12.5. The molecule has 0 aliphatic rings. The minimum absolute atomic E-state index is 0.0238. The molecule has 3 rings (SSSR count). The molecular weight excluding hydrogens is 300 g/mol. The molecule has 0 spiro atoms. The zero-order chi connectivity index (χ0) is 16.8. The van der Waals surface area contributed by atoms with Crippen LogP contribution in [0.4, 0.5) is 0 Å². The first-order valence-electron chi connectivity index (χ1n) is 7.87. The molecule has 0 heterocycles. The fourth-order valence-electron chi connectivity index (χ4n) is 2.33. The van der Waals surface area contributed by atoms with E-state index in [4.69, 9.17) is 9.47 Å². The van der Waals surface area contributed by atoms with Crippen LogP contribution < -0.4 is 9.47 Å². The predicted octanol–water partition coefficient (Wildman–Crippen LogP) is 5.11. The lowest BCUT2D eigenvalue weighted by Crippen LogP contribution is -2.01. The van der Waals surface area contributed by atoms with Crippen LogP contribution in [0, 0.1) is 0 Å². The van der Waals surface area contributed by atoms with Gasteiger partial charge in [-0.25, -0.2) is 0 Å². The molecule has 3 nitrogen and oxygen atoms in total. The molecule has 0 saturated carbocycles. The first-order valence-corrected chi connectivity index (χ1v) is 7.87. The zero-order valence-corrected chi connectivity index (χ0v) is 13.4. The molecule has 0 unspecified atom stereocenters. The van der Waals surface area contributed by atoms with Crippen molar-refractivity contribution in [2.75, 3.05) is 6.61 Å². The van der Waals surface area contributed by atoms with Gasteiger partial charge in [0.05, 0.1) is 6.61 Å². The number of rotatable bonds is 6. The average Bonchev–Trinajstić information content (AvgIpc) is 2.64. The molecule has 0 fully saturated rings. The van der Waals surface area contributed by atoms with Gasteiger partial charge >= 0.3 is 0 Å². The average molecular weight is 318 g/mol. The van der Waals surface area contributed by atoms with Crippen LogP contribution in [-0.2, 0) is 0 Å². The first-order chi connectivity index (χ1) is 11.8. The van der Waals surface area contributed by atoms with Crippen molar-refractivity contribution in [3.8, 4) is 17.2 Å². The SMILES string of the molecule is CCOc1ccc(C(=O)c2ccc(Oc3ccccc3)cc2)cc1. The van der Waals surface area contributed by atoms with Gasteiger partial charge in [0.25, 0.3) is 0 Å². The van der Waals surface area contributed by atoms with E-state index >= 15 is 0 Å². The Hall–Kier alpha value is -3.07. The van der Waals surface area contributed by atoms with Crippen LogP contribution in [0.25, 0.3) is 0 Å². The number of ketones is 1. The highest BCUT2D eigenvalue weighted by atomic mass is 16.5. The second-order valence-electron chi connectivity index (χ2n) is 5.23. The van der Waals surface area contributed by atoms with E-state index in [1.807, 2.05) is 49.4 Å². The third-order valence-electron chi connectivity index (χ3n) is 3.52. The minimum Gasteiger partial charge on any atom is -0.494 e. The summed E-state index contributed by atoms with van der Waals surface area (Å²) in [5.74, 6) is 2.21. The van der Waals surface area contributed by atoms with Crippen molar-refractivity contribution >= 4 is 5.78 Å². The van der Waals surface area contributed by atoms with E-state index in [-0.39, 0.29) is 5.78 Å². The van der Waals surface area contributed by atoms with E-state index in [2.05, 4.69) is 0 Å². The van der Waals surface area contributed by atoms with Crippen molar-refractivity contribution in [1.82, 2.24) is 0 Å². The Morgan fingerprint density at radius 2 is 1.21 bits per heavy atom. The van der Waals surface area contributed by atoms with Crippen molar-refractivity contribution in [3.05, 3.63) is 90.0 Å². The fraction of sp³-hybridized carbons (Fsp3) is 0.0952. The van der Waals surface area contributed by atoms with Crippen molar-refractivity contribution in [3.63, 3.8) is 0 Å². The lowest BCUT2D eigenvalue weighted by atomic mass is 10.0. The van der Waals surface area contributed by atoms with Gasteiger partial charge in [0.15, 0.2) is 5.78 Å². The second kappa shape index (κ2) is 7.47. The minimum atomic E-state index is -0.0238. The van der Waals surface area contributed by atoms with Crippen LogP contribution in [-0.4, -0.2) is 12.4 Å². The lowest BCUT2D eigenvalue weighted by Gasteiger charge is -2.07. The Morgan fingerprint density at radius 3 is 1.75 bits per heavy atom. The highest BCUT2D eigenvalue weighted by Crippen LogP contribution is 2.22. The molecule has 0 aliphatic heterocycles. The summed E-state index contributed by atoms with van der Waals surface area (Å²) in [5, 5.41) is 0. The predicted molar refractivity (Wildman–Crippen MR) is 94.0 cm³/mol. The Morgan fingerprint density at radius 1 is 0.708 bits per heavy atom. The van der Waals surface area contributed by atoms with Gasteiger partial charge in [-0.2, -0.15) is 0 Å². The maximum Gasteiger partial charge on any atom is 0.193 e. The number of carbonyl (C=O) groups is 1. The van der Waals surface area contributed by atoms with Crippen molar-refractivity contribution in [2.45, 2.75) is 6.92 Å². The van der Waals surface area contributed by atoms with Gasteiger partial charge in [-0.15, -0.1) is 0 Å². The van der Waals surface area contributed by atoms with Gasteiger partial charge in [-0.1, -0.05) is 18.2 Å². The number of carbonyl (C=O) groups excluding carboxylic acids is 1. The van der Waals surface area contributed by atoms with E-state index in [9.17, 15) is 4.79 Å². The van der Waals surface area contributed by atoms with Crippen LogP contribution in [0.2, 0.25) is 0 Å². The Bertz CT molecular complexity index is 791. The number of para-hydroxylation sites is 1. The van der Waals surface area contributed by atoms with Gasteiger partial charge in [-0.05, 0) is 67.6 Å². The molecule has 0 N–H and O–H groups in total. The molecule has 0 aliphatic carbocycles. The Balaban J connectivity index is 1.71. The molecule has 120 valence electrons. The molecule has 3 aromatic rings. The van der Waals surface area contributed by atoms with Gasteiger partial charge in [0, 0.05) is 11.1 Å². The van der Waals surface area contributed by atoms with Crippen LogP contribution in [0.3, 0.4) is 0 Å². The van der Waals surface area contributed by atoms with Crippen LogP contribution >= 0.6 is 0 Å². The number of benzene rings is 3. The molecule has 3 heteroatoms. The summed E-state index contributed by atoms with van der Waals surface area (Å²) in [4.78, 5) is 12.5. The number of ether oxygens (including phenoxy) is 2. The highest BCUT2D eigenvalue weighted by Gasteiger charge is 2.09. The third kappa shape index (κ3) is 3.82. The summed E-state index contributed by atoms with van der Waals surface area (Å²) >= 11 is 0. The Labute approximate surface area is 141 Å². The molecule has 0 atom stereocenters. The molecule has 24 heavy (non-hydrogen) atoms. The second-order valence-corrected chi connectivity index (χ2v) is 5.23. The van der Waals surface area contributed by atoms with E-state index in [1.165, 1.54) is 0 Å². The monoisotopic (exact) mass is 318 g/mol. The summed E-state index contributed by atoms with van der Waals surface area (Å²) in [6, 6.07) is 23.9. The van der Waals surface area contributed by atoms with E-state index in [0.29, 0.717) is 23.5 Å². The van der Waals surface area contributed by atoms with Crippen LogP contribution in [0.15, 0.2) is 78.9 Å². The lowest BCUT2D eigenvalue weighted by molar-refractivity contribution is 0.103. The molecule has 0 amide bonds. The number of hydrogen-bond acceptors (Lipinski definition) is 3. The summed E-state index contributed by atoms with van der Waals surface area (Å²) in [5.41, 5.74) is 1.26. The van der Waals surface area contributed by atoms with Crippen molar-refractivity contribution in [2.24, 2.45) is 0 Å². The fourth-order valence-corrected chi connectivity index (χ4v) is 2.33. The first kappa shape index (κ1) is 15.8. The molecule has 0 radical (unpaired) electrons. The third-order valence-corrected chi connectivity index (χ3v) is 3.52. The van der Waals surface area contributed by atoms with Gasteiger partial charge in [-0.3, -0.25) is 4.79 Å². The summed E-state index contributed by atoms with van der Waals surface area (Å²) in [7, 11) is 0. The van der Waals surface area contributed by atoms with Gasteiger partial charge < -0.3 is 9.47 Å². The van der Waals surface area contributed by atoms with Crippen LogP contribution in [0.5, 0.6) is 17.2 Å². The Kier molecular flexibility index (Phi) is 4.92. The molecule has 0 bridgehead atoms. The molecule has 0 aromatic heterocycles. The smallest absolute Gasteiger partial charge is 0.193 e. The maximum atomic E-state index is 12.5. The van der Waals surface area contributed by atoms with E-state index in [0.717, 1.165) is 11.5 Å². The van der Waals surface area contributed by atoms with E-state index in [1.54, 1.807) is 36.4 Å². The quantitative estimate of drug-likeness (QED) is 0.593. The zero-order valence-electron chi connectivity index (χ0n) is 13.4.